The van der Waals surface area contributed by atoms with E-state index in [9.17, 15) is 18.0 Å². The van der Waals surface area contributed by atoms with E-state index in [2.05, 4.69) is 15.3 Å². The van der Waals surface area contributed by atoms with E-state index in [1.54, 1.807) is 20.0 Å². The predicted molar refractivity (Wildman–Crippen MR) is 119 cm³/mol. The van der Waals surface area contributed by atoms with Crippen molar-refractivity contribution in [3.63, 3.8) is 0 Å². The van der Waals surface area contributed by atoms with Crippen molar-refractivity contribution in [2.45, 2.75) is 29.2 Å². The topological polar surface area (TPSA) is 59.8 Å². The minimum Gasteiger partial charge on any atom is -0.363 e. The number of nitrogens with one attached hydrogen (secondary N) is 1. The molecule has 1 unspecified atom stereocenters. The number of aryl methyl sites for hydroxylation is 1. The number of hydrogen-bond donors (Lipinski definition) is 1. The monoisotopic (exact) mass is 456 g/mol. The maximum absolute atomic E-state index is 14.6. The van der Waals surface area contributed by atoms with Crippen LogP contribution in [0.25, 0.3) is 11.0 Å². The molecule has 2 aromatic carbocycles. The van der Waals surface area contributed by atoms with Gasteiger partial charge in [0.25, 0.3) is 12.0 Å². The molecule has 0 aliphatic carbocycles. The van der Waals surface area contributed by atoms with E-state index in [-0.39, 0.29) is 11.1 Å². The molecule has 9 heteroatoms. The van der Waals surface area contributed by atoms with Crippen LogP contribution in [0.2, 0.25) is 0 Å². The highest BCUT2D eigenvalue weighted by molar-refractivity contribution is 7.99. The van der Waals surface area contributed by atoms with Crippen LogP contribution in [0, 0.1) is 5.82 Å². The zero-order valence-corrected chi connectivity index (χ0v) is 18.0. The first-order chi connectivity index (χ1) is 15.4. The van der Waals surface area contributed by atoms with Gasteiger partial charge in [-0.15, -0.1) is 0 Å². The molecule has 4 aromatic rings. The van der Waals surface area contributed by atoms with Crippen LogP contribution in [-0.4, -0.2) is 14.5 Å². The van der Waals surface area contributed by atoms with Crippen molar-refractivity contribution in [2.24, 2.45) is 7.05 Å². The van der Waals surface area contributed by atoms with Crippen molar-refractivity contribution >= 4 is 28.6 Å². The minimum absolute atomic E-state index is 0.0956. The molecule has 0 amide bonds. The Morgan fingerprint density at radius 1 is 1.03 bits per heavy atom. The van der Waals surface area contributed by atoms with Crippen molar-refractivity contribution in [3.8, 4) is 0 Å². The van der Waals surface area contributed by atoms with Crippen LogP contribution in [0.15, 0.2) is 75.5 Å². The number of aromatic nitrogens is 3. The van der Waals surface area contributed by atoms with E-state index < -0.39 is 23.8 Å². The summed E-state index contributed by atoms with van der Waals surface area (Å²) in [7, 11) is 1.62. The third kappa shape index (κ3) is 4.20. The van der Waals surface area contributed by atoms with Gasteiger partial charge in [0.15, 0.2) is 0 Å². The van der Waals surface area contributed by atoms with Crippen LogP contribution in [0.1, 0.15) is 30.5 Å². The second-order valence-corrected chi connectivity index (χ2v) is 8.28. The van der Waals surface area contributed by atoms with E-state index in [1.807, 2.05) is 30.3 Å². The maximum atomic E-state index is 14.6. The molecule has 0 aliphatic heterocycles. The molecule has 164 valence electrons. The number of hydrogen-bond acceptors (Lipinski definition) is 5. The normalized spacial score (nSPS) is 12.3. The summed E-state index contributed by atoms with van der Waals surface area (Å²) in [6, 6.07) is 14.4. The summed E-state index contributed by atoms with van der Waals surface area (Å²) >= 11 is 1.31. The van der Waals surface area contributed by atoms with Crippen LogP contribution in [0.3, 0.4) is 0 Å². The van der Waals surface area contributed by atoms with Gasteiger partial charge in [-0.05, 0) is 25.1 Å². The van der Waals surface area contributed by atoms with E-state index in [1.165, 1.54) is 34.8 Å². The summed E-state index contributed by atoms with van der Waals surface area (Å²) in [5.74, 6) is -0.580. The average Bonchev–Trinajstić information content (AvgIpc) is 2.78. The molecule has 0 spiro atoms. The van der Waals surface area contributed by atoms with Gasteiger partial charge < -0.3 is 5.32 Å². The molecule has 2 heterocycles. The Morgan fingerprint density at radius 3 is 2.47 bits per heavy atom. The highest BCUT2D eigenvalue weighted by atomic mass is 32.2. The molecule has 1 N–H and O–H groups in total. The van der Waals surface area contributed by atoms with Crippen molar-refractivity contribution in [3.05, 3.63) is 88.2 Å². The number of fused-ring (bicyclic) bond motifs is 1. The number of pyridine rings is 1. The van der Waals surface area contributed by atoms with Gasteiger partial charge in [0.1, 0.15) is 23.6 Å². The van der Waals surface area contributed by atoms with Gasteiger partial charge in [-0.1, -0.05) is 48.2 Å². The number of alkyl halides is 2. The summed E-state index contributed by atoms with van der Waals surface area (Å²) in [4.78, 5) is 22.7. The predicted octanol–water partition coefficient (Wildman–Crippen LogP) is 5.73. The standard InChI is InChI=1S/C23H19F3N4OS/c1-13(15-9-6-10-16(19(15)24)20(25)26)29-21-17-11-18(32-14-7-4-3-5-8-14)23(31)30(2)22(17)28-12-27-21/h3-13,20H,1-2H3,(H,27,28,29). The van der Waals surface area contributed by atoms with Gasteiger partial charge in [-0.25, -0.2) is 23.1 Å². The molecule has 2 aromatic heterocycles. The zero-order valence-electron chi connectivity index (χ0n) is 17.2. The summed E-state index contributed by atoms with van der Waals surface area (Å²) in [5, 5.41) is 3.65. The van der Waals surface area contributed by atoms with Crippen LogP contribution in [-0.2, 0) is 7.05 Å². The largest absolute Gasteiger partial charge is 0.363 e. The van der Waals surface area contributed by atoms with Crippen molar-refractivity contribution in [1.82, 2.24) is 14.5 Å². The molecular weight excluding hydrogens is 437 g/mol. The summed E-state index contributed by atoms with van der Waals surface area (Å²) in [6.07, 6.45) is -1.61. The lowest BCUT2D eigenvalue weighted by atomic mass is 10.0. The van der Waals surface area contributed by atoms with E-state index >= 15 is 0 Å². The Morgan fingerprint density at radius 2 is 1.75 bits per heavy atom. The third-order valence-electron chi connectivity index (χ3n) is 5.06. The lowest BCUT2D eigenvalue weighted by molar-refractivity contribution is 0.146. The van der Waals surface area contributed by atoms with Gasteiger partial charge in [0, 0.05) is 17.5 Å². The Hall–Kier alpha value is -3.33. The fraction of sp³-hybridized carbons (Fsp3) is 0.174. The zero-order chi connectivity index (χ0) is 22.8. The molecule has 1 atom stereocenters. The third-order valence-corrected chi connectivity index (χ3v) is 6.08. The number of anilines is 1. The first-order valence-electron chi connectivity index (χ1n) is 9.77. The summed E-state index contributed by atoms with van der Waals surface area (Å²) in [5.41, 5.74) is -0.357. The molecule has 0 bridgehead atoms. The van der Waals surface area contributed by atoms with Gasteiger partial charge in [0.2, 0.25) is 0 Å². The second-order valence-electron chi connectivity index (χ2n) is 7.16. The van der Waals surface area contributed by atoms with E-state index in [4.69, 9.17) is 0 Å². The molecule has 0 radical (unpaired) electrons. The Bertz CT molecular complexity index is 1330. The maximum Gasteiger partial charge on any atom is 0.266 e. The highest BCUT2D eigenvalue weighted by Gasteiger charge is 2.21. The van der Waals surface area contributed by atoms with Gasteiger partial charge in [-0.2, -0.15) is 0 Å². The number of rotatable bonds is 6. The fourth-order valence-electron chi connectivity index (χ4n) is 3.40. The molecule has 4 rings (SSSR count). The minimum atomic E-state index is -2.91. The van der Waals surface area contributed by atoms with Crippen LogP contribution >= 0.6 is 11.8 Å². The first kappa shape index (κ1) is 21.9. The fourth-order valence-corrected chi connectivity index (χ4v) is 4.35. The quantitative estimate of drug-likeness (QED) is 0.402. The van der Waals surface area contributed by atoms with Crippen LogP contribution in [0.4, 0.5) is 19.0 Å². The van der Waals surface area contributed by atoms with Gasteiger partial charge in [0.05, 0.1) is 21.9 Å². The number of halogens is 3. The molecule has 0 fully saturated rings. The average molecular weight is 456 g/mol. The van der Waals surface area contributed by atoms with E-state index in [0.717, 1.165) is 11.0 Å². The van der Waals surface area contributed by atoms with E-state index in [0.29, 0.717) is 21.7 Å². The smallest absolute Gasteiger partial charge is 0.266 e. The Kier molecular flexibility index (Phi) is 6.18. The summed E-state index contributed by atoms with van der Waals surface area (Å²) in [6.45, 7) is 1.66. The van der Waals surface area contributed by atoms with Crippen molar-refractivity contribution in [1.29, 1.82) is 0 Å². The number of benzene rings is 2. The number of nitrogens with zero attached hydrogens (tertiary/aromatic N) is 3. The van der Waals surface area contributed by atoms with Gasteiger partial charge >= 0.3 is 0 Å². The molecule has 5 nitrogen and oxygen atoms in total. The van der Waals surface area contributed by atoms with Crippen LogP contribution < -0.4 is 10.9 Å². The molecular formula is C23H19F3N4OS. The second kappa shape index (κ2) is 9.04. The lowest BCUT2D eigenvalue weighted by Gasteiger charge is -2.19. The SMILES string of the molecule is CC(Nc1ncnc2c1cc(Sc1ccccc1)c(=O)n2C)c1cccc(C(F)F)c1F. The Balaban J connectivity index is 1.75. The molecule has 0 aliphatic rings. The van der Waals surface area contributed by atoms with Crippen molar-refractivity contribution in [2.75, 3.05) is 5.32 Å². The highest BCUT2D eigenvalue weighted by Crippen LogP contribution is 2.32. The first-order valence-corrected chi connectivity index (χ1v) is 10.6. The Labute approximate surface area is 186 Å². The molecule has 0 saturated carbocycles. The lowest BCUT2D eigenvalue weighted by Crippen LogP contribution is -2.20. The molecule has 32 heavy (non-hydrogen) atoms. The molecule has 0 saturated heterocycles. The van der Waals surface area contributed by atoms with Crippen molar-refractivity contribution < 1.29 is 13.2 Å². The summed E-state index contributed by atoms with van der Waals surface area (Å²) < 4.78 is 42.2. The van der Waals surface area contributed by atoms with Gasteiger partial charge in [-0.3, -0.25) is 9.36 Å². The van der Waals surface area contributed by atoms with Crippen LogP contribution in [0.5, 0.6) is 0 Å².